The molecule has 0 bridgehead atoms. The number of alkyl halides is 1. The van der Waals surface area contributed by atoms with Crippen molar-refractivity contribution < 1.29 is 14.3 Å². The first-order chi connectivity index (χ1) is 8.29. The van der Waals surface area contributed by atoms with E-state index in [-0.39, 0.29) is 5.91 Å². The summed E-state index contributed by atoms with van der Waals surface area (Å²) in [4.78, 5) is 13.7. The predicted molar refractivity (Wildman–Crippen MR) is 65.2 cm³/mol. The second-order valence-electron chi connectivity index (χ2n) is 4.67. The van der Waals surface area contributed by atoms with E-state index in [4.69, 9.17) is 21.1 Å². The molecule has 2 aliphatic heterocycles. The molecule has 0 atom stereocenters. The molecule has 0 saturated carbocycles. The number of carbonyl (C=O) groups excluding carboxylic acids is 1. The lowest BCUT2D eigenvalue weighted by atomic mass is 10.1. The van der Waals surface area contributed by atoms with Crippen molar-refractivity contribution in [1.82, 2.24) is 4.90 Å². The van der Waals surface area contributed by atoms with Gasteiger partial charge in [-0.1, -0.05) is 0 Å². The van der Waals surface area contributed by atoms with Crippen molar-refractivity contribution in [2.24, 2.45) is 0 Å². The minimum absolute atomic E-state index is 0.232. The number of likely N-dealkylation sites (tertiary alicyclic amines) is 1. The van der Waals surface area contributed by atoms with E-state index in [1.165, 1.54) is 0 Å². The monoisotopic (exact) mass is 261 g/mol. The van der Waals surface area contributed by atoms with Gasteiger partial charge in [-0.2, -0.15) is 0 Å². The van der Waals surface area contributed by atoms with Gasteiger partial charge in [0.25, 0.3) is 0 Å². The molecule has 0 spiro atoms. The van der Waals surface area contributed by atoms with Crippen molar-refractivity contribution in [2.45, 2.75) is 37.9 Å². The van der Waals surface area contributed by atoms with Gasteiger partial charge in [0.1, 0.15) is 6.10 Å². The standard InChI is InChI=1S/C12H20ClNO3/c13-5-1-2-12(15)14-6-3-10(4-7-14)17-11-8-16-9-11/h10-11H,1-9H2. The van der Waals surface area contributed by atoms with Crippen LogP contribution in [0.2, 0.25) is 0 Å². The number of ether oxygens (including phenoxy) is 2. The molecular weight excluding hydrogens is 242 g/mol. The number of amides is 1. The molecule has 98 valence electrons. The largest absolute Gasteiger partial charge is 0.376 e. The summed E-state index contributed by atoms with van der Waals surface area (Å²) in [6.07, 6.45) is 3.84. The quantitative estimate of drug-likeness (QED) is 0.703. The maximum atomic E-state index is 11.8. The first kappa shape index (κ1) is 13.1. The van der Waals surface area contributed by atoms with Crippen LogP contribution in [0.4, 0.5) is 0 Å². The van der Waals surface area contributed by atoms with Gasteiger partial charge in [0.05, 0.1) is 19.3 Å². The van der Waals surface area contributed by atoms with E-state index in [2.05, 4.69) is 0 Å². The van der Waals surface area contributed by atoms with Crippen LogP contribution < -0.4 is 0 Å². The lowest BCUT2D eigenvalue weighted by Gasteiger charge is -2.36. The first-order valence-corrected chi connectivity index (χ1v) is 6.90. The van der Waals surface area contributed by atoms with Crippen LogP contribution in [-0.4, -0.2) is 55.2 Å². The zero-order valence-electron chi connectivity index (χ0n) is 10.1. The van der Waals surface area contributed by atoms with E-state index in [0.29, 0.717) is 24.5 Å². The molecule has 17 heavy (non-hydrogen) atoms. The summed E-state index contributed by atoms with van der Waals surface area (Å²) in [6, 6.07) is 0. The highest BCUT2D eigenvalue weighted by Crippen LogP contribution is 2.19. The van der Waals surface area contributed by atoms with Crippen LogP contribution in [0.5, 0.6) is 0 Å². The van der Waals surface area contributed by atoms with Gasteiger partial charge in [-0.15, -0.1) is 11.6 Å². The fraction of sp³-hybridized carbons (Fsp3) is 0.917. The van der Waals surface area contributed by atoms with Crippen LogP contribution in [0.3, 0.4) is 0 Å². The number of nitrogens with zero attached hydrogens (tertiary/aromatic N) is 1. The fourth-order valence-corrected chi connectivity index (χ4v) is 2.32. The van der Waals surface area contributed by atoms with Crippen molar-refractivity contribution in [2.75, 3.05) is 32.2 Å². The summed E-state index contributed by atoms with van der Waals surface area (Å²) in [7, 11) is 0. The van der Waals surface area contributed by atoms with Gasteiger partial charge < -0.3 is 14.4 Å². The summed E-state index contributed by atoms with van der Waals surface area (Å²) >= 11 is 5.58. The second-order valence-corrected chi connectivity index (χ2v) is 5.05. The molecule has 4 nitrogen and oxygen atoms in total. The van der Waals surface area contributed by atoms with Crippen LogP contribution in [0.15, 0.2) is 0 Å². The summed E-state index contributed by atoms with van der Waals surface area (Å²) in [5.74, 6) is 0.795. The number of rotatable bonds is 5. The van der Waals surface area contributed by atoms with Gasteiger partial charge in [-0.3, -0.25) is 4.79 Å². The van der Waals surface area contributed by atoms with Gasteiger partial charge in [0, 0.05) is 25.4 Å². The van der Waals surface area contributed by atoms with Gasteiger partial charge >= 0.3 is 0 Å². The van der Waals surface area contributed by atoms with Crippen LogP contribution in [-0.2, 0) is 14.3 Å². The number of halogens is 1. The lowest BCUT2D eigenvalue weighted by molar-refractivity contribution is -0.165. The Hall–Kier alpha value is -0.320. The summed E-state index contributed by atoms with van der Waals surface area (Å²) in [5, 5.41) is 0. The molecule has 2 heterocycles. The molecule has 5 heteroatoms. The van der Waals surface area contributed by atoms with Gasteiger partial charge in [-0.25, -0.2) is 0 Å². The highest BCUT2D eigenvalue weighted by atomic mass is 35.5. The Bertz CT molecular complexity index is 250. The summed E-state index contributed by atoms with van der Waals surface area (Å²) < 4.78 is 10.9. The lowest BCUT2D eigenvalue weighted by Crippen LogP contribution is -2.45. The average molecular weight is 262 g/mol. The maximum absolute atomic E-state index is 11.8. The maximum Gasteiger partial charge on any atom is 0.222 e. The SMILES string of the molecule is O=C(CCCCl)N1CCC(OC2COC2)CC1. The molecule has 2 fully saturated rings. The number of hydrogen-bond acceptors (Lipinski definition) is 3. The smallest absolute Gasteiger partial charge is 0.222 e. The fourth-order valence-electron chi connectivity index (χ4n) is 2.18. The highest BCUT2D eigenvalue weighted by Gasteiger charge is 2.27. The topological polar surface area (TPSA) is 38.8 Å². The third kappa shape index (κ3) is 3.83. The molecule has 1 amide bonds. The van der Waals surface area contributed by atoms with Gasteiger partial charge in [0.2, 0.25) is 5.91 Å². The third-order valence-corrected chi connectivity index (χ3v) is 3.58. The third-order valence-electron chi connectivity index (χ3n) is 3.31. The van der Waals surface area contributed by atoms with Crippen molar-refractivity contribution in [3.63, 3.8) is 0 Å². The Kier molecular flexibility index (Phi) is 5.07. The summed E-state index contributed by atoms with van der Waals surface area (Å²) in [5.41, 5.74) is 0. The Morgan fingerprint density at radius 3 is 2.53 bits per heavy atom. The molecular formula is C12H20ClNO3. The zero-order chi connectivity index (χ0) is 12.1. The average Bonchev–Trinajstić information content (AvgIpc) is 2.31. The normalized spacial score (nSPS) is 22.5. The first-order valence-electron chi connectivity index (χ1n) is 6.36. The van der Waals surface area contributed by atoms with E-state index in [1.54, 1.807) is 0 Å². The van der Waals surface area contributed by atoms with Crippen molar-refractivity contribution in [3.8, 4) is 0 Å². The number of carbonyl (C=O) groups is 1. The van der Waals surface area contributed by atoms with Gasteiger partial charge in [0.15, 0.2) is 0 Å². The van der Waals surface area contributed by atoms with E-state index in [9.17, 15) is 4.79 Å². The zero-order valence-corrected chi connectivity index (χ0v) is 10.8. The Morgan fingerprint density at radius 1 is 1.29 bits per heavy atom. The molecule has 2 rings (SSSR count). The molecule has 0 aromatic carbocycles. The molecule has 0 radical (unpaired) electrons. The van der Waals surface area contributed by atoms with Crippen molar-refractivity contribution in [1.29, 1.82) is 0 Å². The molecule has 0 aromatic rings. The van der Waals surface area contributed by atoms with Crippen LogP contribution >= 0.6 is 11.6 Å². The van der Waals surface area contributed by atoms with E-state index >= 15 is 0 Å². The van der Waals surface area contributed by atoms with E-state index in [0.717, 1.165) is 45.6 Å². The molecule has 0 aromatic heterocycles. The molecule has 0 N–H and O–H groups in total. The van der Waals surface area contributed by atoms with E-state index in [1.807, 2.05) is 4.90 Å². The molecule has 2 saturated heterocycles. The van der Waals surface area contributed by atoms with Crippen molar-refractivity contribution in [3.05, 3.63) is 0 Å². The van der Waals surface area contributed by atoms with Crippen LogP contribution in [0, 0.1) is 0 Å². The highest BCUT2D eigenvalue weighted by molar-refractivity contribution is 6.17. The van der Waals surface area contributed by atoms with Crippen LogP contribution in [0.1, 0.15) is 25.7 Å². The molecule has 0 unspecified atom stereocenters. The minimum atomic E-state index is 0.232. The molecule has 0 aliphatic carbocycles. The Morgan fingerprint density at radius 2 is 2.00 bits per heavy atom. The van der Waals surface area contributed by atoms with E-state index < -0.39 is 0 Å². The predicted octanol–water partition coefficient (Wildman–Crippen LogP) is 1.41. The Labute approximate surface area is 107 Å². The van der Waals surface area contributed by atoms with Crippen LogP contribution in [0.25, 0.3) is 0 Å². The molecule has 2 aliphatic rings. The second kappa shape index (κ2) is 6.57. The number of piperidine rings is 1. The van der Waals surface area contributed by atoms with Gasteiger partial charge in [-0.05, 0) is 19.3 Å². The number of hydrogen-bond donors (Lipinski definition) is 0. The Balaban J connectivity index is 1.64. The minimum Gasteiger partial charge on any atom is -0.376 e. The summed E-state index contributed by atoms with van der Waals surface area (Å²) in [6.45, 7) is 3.10. The van der Waals surface area contributed by atoms with Crippen molar-refractivity contribution >= 4 is 17.5 Å².